The number of hydrogen-bond acceptors (Lipinski definition) is 8. The molecule has 14 heteroatoms. The minimum absolute atomic E-state index is 0.0671. The number of thiol groups is 1. The molecule has 0 amide bonds. The van der Waals surface area contributed by atoms with E-state index in [4.69, 9.17) is 23.2 Å². The lowest BCUT2D eigenvalue weighted by Crippen LogP contribution is -2.15. The number of rotatable bonds is 10. The van der Waals surface area contributed by atoms with Crippen LogP contribution < -0.4 is 15.4 Å². The SMILES string of the molecule is CC(C)n1cc([C@@H](Nc2cc(Cl)cc3c(Nc4ccc(F)c(Cl)c4)c(C#N)cnc23)c2cccc(CN[SH](=O)=O)c2)nn1. The van der Waals surface area contributed by atoms with E-state index in [0.717, 1.165) is 11.1 Å². The second-order valence-corrected chi connectivity index (χ2v) is 11.6. The van der Waals surface area contributed by atoms with E-state index < -0.39 is 22.7 Å². The number of aromatic nitrogens is 4. The van der Waals surface area contributed by atoms with Crippen molar-refractivity contribution < 1.29 is 12.8 Å². The molecule has 5 rings (SSSR count). The van der Waals surface area contributed by atoms with Gasteiger partial charge in [0, 0.05) is 34.9 Å². The maximum atomic E-state index is 13.8. The Morgan fingerprint density at radius 3 is 2.63 bits per heavy atom. The van der Waals surface area contributed by atoms with Crippen molar-refractivity contribution in [2.45, 2.75) is 32.5 Å². The van der Waals surface area contributed by atoms with Crippen molar-refractivity contribution in [3.05, 3.63) is 105 Å². The Labute approximate surface area is 258 Å². The van der Waals surface area contributed by atoms with Crippen LogP contribution in [0.1, 0.15) is 48.3 Å². The van der Waals surface area contributed by atoms with Crippen LogP contribution in [0.5, 0.6) is 0 Å². The van der Waals surface area contributed by atoms with Crippen molar-refractivity contribution in [1.82, 2.24) is 24.7 Å². The molecule has 0 spiro atoms. The zero-order valence-electron chi connectivity index (χ0n) is 22.8. The highest BCUT2D eigenvalue weighted by molar-refractivity contribution is 7.70. The monoisotopic (exact) mass is 638 g/mol. The van der Waals surface area contributed by atoms with Gasteiger partial charge in [-0.15, -0.1) is 5.10 Å². The van der Waals surface area contributed by atoms with Crippen molar-refractivity contribution in [2.75, 3.05) is 10.6 Å². The molecule has 0 saturated carbocycles. The Morgan fingerprint density at radius 1 is 1.12 bits per heavy atom. The molecule has 1 atom stereocenters. The standard InChI is InChI=1S/C29H25Cl2FN8O2S/c1-16(2)40-15-26(38-39-40)28(18-5-3-4-17(8-18)13-35-43(41)42)37-25-10-20(30)9-22-27(19(12-33)14-34-29(22)25)36-21-6-7-24(32)23(31)11-21/h3-11,14-16,28,37,43H,13H2,1-2H3,(H,34,36)(H,35,41,42)/t28-/m0/s1. The fourth-order valence-electron chi connectivity index (χ4n) is 4.51. The van der Waals surface area contributed by atoms with E-state index in [1.165, 1.54) is 24.4 Å². The summed E-state index contributed by atoms with van der Waals surface area (Å²) in [5.41, 5.74) is 4.32. The van der Waals surface area contributed by atoms with Crippen LogP contribution in [0.3, 0.4) is 0 Å². The van der Waals surface area contributed by atoms with Gasteiger partial charge in [0.15, 0.2) is 0 Å². The number of pyridine rings is 1. The van der Waals surface area contributed by atoms with Gasteiger partial charge in [-0.3, -0.25) is 4.98 Å². The van der Waals surface area contributed by atoms with E-state index in [1.807, 2.05) is 44.3 Å². The van der Waals surface area contributed by atoms with Crippen LogP contribution in [-0.4, -0.2) is 28.4 Å². The zero-order chi connectivity index (χ0) is 30.7. The molecule has 0 bridgehead atoms. The summed E-state index contributed by atoms with van der Waals surface area (Å²) in [4.78, 5) is 4.58. The fourth-order valence-corrected chi connectivity index (χ4v) is 5.22. The van der Waals surface area contributed by atoms with E-state index in [1.54, 1.807) is 16.8 Å². The number of nitrogens with one attached hydrogen (secondary N) is 3. The third-order valence-electron chi connectivity index (χ3n) is 6.59. The number of fused-ring (bicyclic) bond motifs is 1. The molecule has 0 fully saturated rings. The molecule has 5 aromatic rings. The van der Waals surface area contributed by atoms with Crippen LogP contribution in [0.15, 0.2) is 67.0 Å². The third kappa shape index (κ3) is 6.87. The highest BCUT2D eigenvalue weighted by Crippen LogP contribution is 2.38. The van der Waals surface area contributed by atoms with Gasteiger partial charge in [0.25, 0.3) is 0 Å². The molecule has 3 N–H and O–H groups in total. The highest BCUT2D eigenvalue weighted by Gasteiger charge is 2.22. The molecule has 0 unspecified atom stereocenters. The molecule has 0 aliphatic rings. The molecule has 0 saturated heterocycles. The Kier molecular flexibility index (Phi) is 9.08. The second-order valence-electron chi connectivity index (χ2n) is 9.89. The number of halogens is 3. The van der Waals surface area contributed by atoms with Gasteiger partial charge in [0.2, 0.25) is 10.9 Å². The Balaban J connectivity index is 1.62. The average molecular weight is 640 g/mol. The number of nitriles is 1. The molecule has 0 aliphatic carbocycles. The van der Waals surface area contributed by atoms with Gasteiger partial charge in [-0.2, -0.15) is 5.26 Å². The first-order chi connectivity index (χ1) is 20.6. The first-order valence-corrected chi connectivity index (χ1v) is 15.0. The number of anilines is 3. The van der Waals surface area contributed by atoms with Crippen molar-refractivity contribution >= 4 is 62.1 Å². The van der Waals surface area contributed by atoms with Gasteiger partial charge in [-0.25, -0.2) is 22.2 Å². The van der Waals surface area contributed by atoms with Crippen LogP contribution in [0, 0.1) is 17.1 Å². The largest absolute Gasteiger partial charge is 0.371 e. The zero-order valence-corrected chi connectivity index (χ0v) is 25.3. The van der Waals surface area contributed by atoms with Crippen molar-refractivity contribution in [3.8, 4) is 6.07 Å². The van der Waals surface area contributed by atoms with E-state index in [2.05, 4.69) is 36.7 Å². The summed E-state index contributed by atoms with van der Waals surface area (Å²) < 4.78 is 40.2. The van der Waals surface area contributed by atoms with Gasteiger partial charge < -0.3 is 10.6 Å². The first kappa shape index (κ1) is 30.2. The third-order valence-corrected chi connectivity index (χ3v) is 7.52. The number of benzene rings is 3. The van der Waals surface area contributed by atoms with Crippen LogP contribution in [0.4, 0.5) is 21.5 Å². The maximum Gasteiger partial charge on any atom is 0.201 e. The summed E-state index contributed by atoms with van der Waals surface area (Å²) in [6.07, 6.45) is 3.27. The summed E-state index contributed by atoms with van der Waals surface area (Å²) in [6, 6.07) is 16.6. The highest BCUT2D eigenvalue weighted by atomic mass is 35.5. The quantitative estimate of drug-likeness (QED) is 0.131. The van der Waals surface area contributed by atoms with Crippen LogP contribution in [0.2, 0.25) is 10.0 Å². The van der Waals surface area contributed by atoms with Gasteiger partial charge in [0.05, 0.1) is 39.7 Å². The predicted octanol–water partition coefficient (Wildman–Crippen LogP) is 6.29. The van der Waals surface area contributed by atoms with Gasteiger partial charge >= 0.3 is 0 Å². The fraction of sp³-hybridized carbons (Fsp3) is 0.172. The molecular weight excluding hydrogens is 614 g/mol. The molecule has 0 aliphatic heterocycles. The number of nitrogens with zero attached hydrogens (tertiary/aromatic N) is 5. The molecular formula is C29H25Cl2FN8O2S. The molecule has 220 valence electrons. The molecule has 0 radical (unpaired) electrons. The van der Waals surface area contributed by atoms with E-state index in [0.29, 0.717) is 38.7 Å². The molecule has 43 heavy (non-hydrogen) atoms. The molecule has 2 heterocycles. The van der Waals surface area contributed by atoms with Crippen LogP contribution in [-0.2, 0) is 17.4 Å². The Hall–Kier alpha value is -4.28. The lowest BCUT2D eigenvalue weighted by Gasteiger charge is -2.21. The van der Waals surface area contributed by atoms with E-state index in [-0.39, 0.29) is 23.2 Å². The topological polar surface area (TPSA) is 138 Å². The van der Waals surface area contributed by atoms with E-state index >= 15 is 0 Å². The lowest BCUT2D eigenvalue weighted by molar-refractivity contribution is 0.514. The summed E-state index contributed by atoms with van der Waals surface area (Å²) >= 11 is 12.6. The van der Waals surface area contributed by atoms with Crippen molar-refractivity contribution in [2.24, 2.45) is 0 Å². The summed E-state index contributed by atoms with van der Waals surface area (Å²) in [5.74, 6) is -0.566. The minimum Gasteiger partial charge on any atom is -0.371 e. The van der Waals surface area contributed by atoms with Crippen molar-refractivity contribution in [3.63, 3.8) is 0 Å². The smallest absolute Gasteiger partial charge is 0.201 e. The van der Waals surface area contributed by atoms with Crippen LogP contribution >= 0.6 is 23.2 Å². The normalized spacial score (nSPS) is 12.0. The Morgan fingerprint density at radius 2 is 1.93 bits per heavy atom. The van der Waals surface area contributed by atoms with Gasteiger partial charge in [-0.05, 0) is 55.3 Å². The van der Waals surface area contributed by atoms with Crippen LogP contribution in [0.25, 0.3) is 10.9 Å². The first-order valence-electron chi connectivity index (χ1n) is 13.0. The number of hydrogen-bond donors (Lipinski definition) is 4. The van der Waals surface area contributed by atoms with Crippen molar-refractivity contribution in [1.29, 1.82) is 5.26 Å². The van der Waals surface area contributed by atoms with E-state index in [9.17, 15) is 18.1 Å². The summed E-state index contributed by atoms with van der Waals surface area (Å²) in [5, 5.41) is 26.1. The van der Waals surface area contributed by atoms with Gasteiger partial charge in [-0.1, -0.05) is 52.7 Å². The average Bonchev–Trinajstić information content (AvgIpc) is 3.47. The maximum absolute atomic E-state index is 13.8. The van der Waals surface area contributed by atoms with Gasteiger partial charge in [0.1, 0.15) is 17.6 Å². The molecule has 10 nitrogen and oxygen atoms in total. The molecule has 2 aromatic heterocycles. The second kappa shape index (κ2) is 12.9. The summed E-state index contributed by atoms with van der Waals surface area (Å²) in [7, 11) is -2.76. The summed E-state index contributed by atoms with van der Waals surface area (Å²) in [6.45, 7) is 4.10. The molecule has 3 aromatic carbocycles. The minimum atomic E-state index is -2.76. The lowest BCUT2D eigenvalue weighted by atomic mass is 10.0. The Bertz CT molecular complexity index is 1930. The predicted molar refractivity (Wildman–Crippen MR) is 166 cm³/mol.